The highest BCUT2D eigenvalue weighted by Crippen LogP contribution is 2.19. The topological polar surface area (TPSA) is 30.5 Å². The molecule has 0 heterocycles. The standard InChI is InChI=1S/C15H23NO2/c1-4-15(16-11-6-12-18-5-2)13-7-9-14(17-3)10-8-13/h5,7-10,15-16H,2,4,6,11-12H2,1,3H3. The van der Waals surface area contributed by atoms with Crippen LogP contribution in [0.1, 0.15) is 31.4 Å². The molecule has 1 rings (SSSR count). The van der Waals surface area contributed by atoms with E-state index in [2.05, 4.69) is 31.0 Å². The predicted molar refractivity (Wildman–Crippen MR) is 74.8 cm³/mol. The van der Waals surface area contributed by atoms with Crippen LogP contribution in [-0.4, -0.2) is 20.3 Å². The van der Waals surface area contributed by atoms with Gasteiger partial charge in [-0.05, 0) is 37.1 Å². The zero-order valence-corrected chi connectivity index (χ0v) is 11.3. The fourth-order valence-corrected chi connectivity index (χ4v) is 1.85. The van der Waals surface area contributed by atoms with E-state index in [1.165, 1.54) is 11.8 Å². The Morgan fingerprint density at radius 2 is 2.06 bits per heavy atom. The van der Waals surface area contributed by atoms with Crippen LogP contribution in [0.15, 0.2) is 37.1 Å². The summed E-state index contributed by atoms with van der Waals surface area (Å²) >= 11 is 0. The maximum absolute atomic E-state index is 5.16. The van der Waals surface area contributed by atoms with E-state index >= 15 is 0 Å². The minimum absolute atomic E-state index is 0.389. The first-order valence-electron chi connectivity index (χ1n) is 6.41. The van der Waals surface area contributed by atoms with E-state index < -0.39 is 0 Å². The molecule has 1 N–H and O–H groups in total. The molecule has 18 heavy (non-hydrogen) atoms. The second-order valence-corrected chi connectivity index (χ2v) is 4.08. The average molecular weight is 249 g/mol. The van der Waals surface area contributed by atoms with Crippen LogP contribution in [0.4, 0.5) is 0 Å². The van der Waals surface area contributed by atoms with Crippen LogP contribution in [-0.2, 0) is 4.74 Å². The van der Waals surface area contributed by atoms with Crippen molar-refractivity contribution >= 4 is 0 Å². The first-order chi connectivity index (χ1) is 8.81. The van der Waals surface area contributed by atoms with E-state index in [9.17, 15) is 0 Å². The van der Waals surface area contributed by atoms with Gasteiger partial charge in [-0.1, -0.05) is 25.6 Å². The fourth-order valence-electron chi connectivity index (χ4n) is 1.85. The highest BCUT2D eigenvalue weighted by molar-refractivity contribution is 5.29. The van der Waals surface area contributed by atoms with Crippen molar-refractivity contribution in [1.29, 1.82) is 0 Å². The Hall–Kier alpha value is -1.48. The van der Waals surface area contributed by atoms with Crippen molar-refractivity contribution in [3.8, 4) is 5.75 Å². The van der Waals surface area contributed by atoms with Crippen molar-refractivity contribution in [2.45, 2.75) is 25.8 Å². The van der Waals surface area contributed by atoms with Crippen LogP contribution < -0.4 is 10.1 Å². The first-order valence-corrected chi connectivity index (χ1v) is 6.41. The summed E-state index contributed by atoms with van der Waals surface area (Å²) in [5, 5.41) is 3.53. The quantitative estimate of drug-likeness (QED) is 0.538. The monoisotopic (exact) mass is 249 g/mol. The van der Waals surface area contributed by atoms with Gasteiger partial charge in [0.1, 0.15) is 5.75 Å². The Kier molecular flexibility index (Phi) is 6.96. The third-order valence-corrected chi connectivity index (χ3v) is 2.87. The molecule has 3 nitrogen and oxygen atoms in total. The van der Waals surface area contributed by atoms with E-state index in [4.69, 9.17) is 9.47 Å². The lowest BCUT2D eigenvalue weighted by atomic mass is 10.0. The Labute approximate surface area is 110 Å². The third-order valence-electron chi connectivity index (χ3n) is 2.87. The molecular weight excluding hydrogens is 226 g/mol. The summed E-state index contributed by atoms with van der Waals surface area (Å²) in [7, 11) is 1.68. The van der Waals surface area contributed by atoms with Crippen LogP contribution in [0.25, 0.3) is 0 Å². The largest absolute Gasteiger partial charge is 0.502 e. The van der Waals surface area contributed by atoms with Gasteiger partial charge in [0.05, 0.1) is 20.0 Å². The van der Waals surface area contributed by atoms with E-state index in [-0.39, 0.29) is 0 Å². The fraction of sp³-hybridized carbons (Fsp3) is 0.467. The molecule has 0 radical (unpaired) electrons. The van der Waals surface area contributed by atoms with Crippen molar-refractivity contribution in [2.75, 3.05) is 20.3 Å². The van der Waals surface area contributed by atoms with Gasteiger partial charge >= 0.3 is 0 Å². The predicted octanol–water partition coefficient (Wildman–Crippen LogP) is 3.29. The van der Waals surface area contributed by atoms with Crippen LogP contribution >= 0.6 is 0 Å². The Morgan fingerprint density at radius 1 is 1.33 bits per heavy atom. The molecular formula is C15H23NO2. The zero-order valence-electron chi connectivity index (χ0n) is 11.3. The second-order valence-electron chi connectivity index (χ2n) is 4.08. The van der Waals surface area contributed by atoms with E-state index in [0.29, 0.717) is 6.04 Å². The zero-order chi connectivity index (χ0) is 13.2. The molecule has 0 saturated heterocycles. The second kappa shape index (κ2) is 8.59. The number of methoxy groups -OCH3 is 1. The van der Waals surface area contributed by atoms with Crippen LogP contribution in [0.2, 0.25) is 0 Å². The minimum Gasteiger partial charge on any atom is -0.502 e. The molecule has 1 aromatic carbocycles. The number of rotatable bonds is 9. The van der Waals surface area contributed by atoms with Gasteiger partial charge in [0.15, 0.2) is 0 Å². The molecule has 0 amide bonds. The molecule has 0 spiro atoms. The summed E-state index contributed by atoms with van der Waals surface area (Å²) in [4.78, 5) is 0. The molecule has 0 aromatic heterocycles. The van der Waals surface area contributed by atoms with Crippen molar-refractivity contribution < 1.29 is 9.47 Å². The number of benzene rings is 1. The summed E-state index contributed by atoms with van der Waals surface area (Å²) in [6.07, 6.45) is 3.54. The van der Waals surface area contributed by atoms with E-state index in [1.54, 1.807) is 7.11 Å². The molecule has 1 atom stereocenters. The van der Waals surface area contributed by atoms with Gasteiger partial charge in [-0.15, -0.1) is 0 Å². The number of hydrogen-bond acceptors (Lipinski definition) is 3. The maximum atomic E-state index is 5.16. The van der Waals surface area contributed by atoms with Crippen molar-refractivity contribution in [2.24, 2.45) is 0 Å². The maximum Gasteiger partial charge on any atom is 0.118 e. The Morgan fingerprint density at radius 3 is 2.61 bits per heavy atom. The molecule has 0 aliphatic heterocycles. The molecule has 100 valence electrons. The Balaban J connectivity index is 2.41. The van der Waals surface area contributed by atoms with E-state index in [1.807, 2.05) is 12.1 Å². The molecule has 0 saturated carbocycles. The summed E-state index contributed by atoms with van der Waals surface area (Å²) < 4.78 is 10.3. The summed E-state index contributed by atoms with van der Waals surface area (Å²) in [6.45, 7) is 7.36. The van der Waals surface area contributed by atoms with Gasteiger partial charge in [0.25, 0.3) is 0 Å². The molecule has 1 unspecified atom stereocenters. The highest BCUT2D eigenvalue weighted by Gasteiger charge is 2.07. The molecule has 1 aromatic rings. The van der Waals surface area contributed by atoms with Gasteiger partial charge in [0, 0.05) is 6.04 Å². The van der Waals surface area contributed by atoms with Crippen LogP contribution in [0, 0.1) is 0 Å². The number of hydrogen-bond donors (Lipinski definition) is 1. The molecule has 0 fully saturated rings. The SMILES string of the molecule is C=COCCCNC(CC)c1ccc(OC)cc1. The van der Waals surface area contributed by atoms with Crippen LogP contribution in [0.3, 0.4) is 0 Å². The average Bonchev–Trinajstić information content (AvgIpc) is 2.43. The van der Waals surface area contributed by atoms with Gasteiger partial charge in [-0.2, -0.15) is 0 Å². The molecule has 0 aliphatic rings. The van der Waals surface area contributed by atoms with Crippen molar-refractivity contribution in [3.63, 3.8) is 0 Å². The summed E-state index contributed by atoms with van der Waals surface area (Å²) in [5.41, 5.74) is 1.29. The van der Waals surface area contributed by atoms with Gasteiger partial charge in [-0.3, -0.25) is 0 Å². The molecule has 0 bridgehead atoms. The molecule has 0 aliphatic carbocycles. The third kappa shape index (κ3) is 4.80. The van der Waals surface area contributed by atoms with Gasteiger partial charge in [-0.25, -0.2) is 0 Å². The van der Waals surface area contributed by atoms with Crippen molar-refractivity contribution in [3.05, 3.63) is 42.7 Å². The molecule has 3 heteroatoms. The Bertz CT molecular complexity index is 335. The highest BCUT2D eigenvalue weighted by atomic mass is 16.5. The lowest BCUT2D eigenvalue weighted by Gasteiger charge is -2.17. The summed E-state index contributed by atoms with van der Waals surface area (Å²) in [6, 6.07) is 8.61. The summed E-state index contributed by atoms with van der Waals surface area (Å²) in [5.74, 6) is 0.896. The van der Waals surface area contributed by atoms with Gasteiger partial charge < -0.3 is 14.8 Å². The first kappa shape index (κ1) is 14.6. The van der Waals surface area contributed by atoms with Crippen molar-refractivity contribution in [1.82, 2.24) is 5.32 Å². The van der Waals surface area contributed by atoms with Gasteiger partial charge in [0.2, 0.25) is 0 Å². The number of ether oxygens (including phenoxy) is 2. The number of nitrogens with one attached hydrogen (secondary N) is 1. The van der Waals surface area contributed by atoms with Crippen LogP contribution in [0.5, 0.6) is 5.75 Å². The minimum atomic E-state index is 0.389. The lowest BCUT2D eigenvalue weighted by molar-refractivity contribution is 0.242. The van der Waals surface area contributed by atoms with E-state index in [0.717, 1.165) is 31.7 Å². The smallest absolute Gasteiger partial charge is 0.118 e. The normalized spacial score (nSPS) is 11.9. The lowest BCUT2D eigenvalue weighted by Crippen LogP contribution is -2.22.